The number of thiazole rings is 1. The van der Waals surface area contributed by atoms with Crippen molar-refractivity contribution >= 4 is 32.6 Å². The number of halogens is 1. The molecule has 4 rings (SSSR count). The minimum Gasteiger partial charge on any atom is -0.484 e. The fourth-order valence-electron chi connectivity index (χ4n) is 2.69. The monoisotopic (exact) mass is 393 g/mol. The van der Waals surface area contributed by atoms with Crippen molar-refractivity contribution in [1.82, 2.24) is 9.97 Å². The molecule has 0 saturated carbocycles. The molecule has 7 heteroatoms. The summed E-state index contributed by atoms with van der Waals surface area (Å²) in [7, 11) is 0. The van der Waals surface area contributed by atoms with E-state index in [-0.39, 0.29) is 18.0 Å². The number of hydrogen-bond acceptors (Lipinski definition) is 5. The third-order valence-electron chi connectivity index (χ3n) is 4.09. The largest absolute Gasteiger partial charge is 0.484 e. The van der Waals surface area contributed by atoms with Crippen LogP contribution in [0.1, 0.15) is 5.56 Å². The van der Waals surface area contributed by atoms with E-state index in [0.717, 1.165) is 5.56 Å². The fraction of sp³-hybridized carbons (Fsp3) is 0.0952. The first-order valence-corrected chi connectivity index (χ1v) is 9.44. The van der Waals surface area contributed by atoms with Crippen molar-refractivity contribution in [2.24, 2.45) is 0 Å². The van der Waals surface area contributed by atoms with Crippen LogP contribution in [0.4, 0.5) is 9.52 Å². The van der Waals surface area contributed by atoms with E-state index >= 15 is 0 Å². The van der Waals surface area contributed by atoms with E-state index in [4.69, 9.17) is 4.74 Å². The fourth-order valence-corrected chi connectivity index (χ4v) is 3.69. The van der Waals surface area contributed by atoms with Crippen LogP contribution in [0.15, 0.2) is 73.1 Å². The molecule has 1 amide bonds. The molecule has 0 saturated heterocycles. The predicted octanol–water partition coefficient (Wildman–Crippen LogP) is 4.44. The number of rotatable bonds is 6. The number of benzene rings is 2. The first-order valence-electron chi connectivity index (χ1n) is 8.63. The van der Waals surface area contributed by atoms with Gasteiger partial charge in [-0.25, -0.2) is 9.37 Å². The van der Waals surface area contributed by atoms with Crippen LogP contribution in [0.3, 0.4) is 0 Å². The Balaban J connectivity index is 1.62. The Labute approximate surface area is 165 Å². The summed E-state index contributed by atoms with van der Waals surface area (Å²) in [6.45, 7) is 0.147. The lowest BCUT2D eigenvalue weighted by atomic mass is 10.2. The second-order valence-corrected chi connectivity index (χ2v) is 7.03. The summed E-state index contributed by atoms with van der Waals surface area (Å²) in [5, 5.41) is 0.429. The number of carbonyl (C=O) groups is 1. The lowest BCUT2D eigenvalue weighted by Crippen LogP contribution is -2.34. The van der Waals surface area contributed by atoms with Crippen molar-refractivity contribution in [2.75, 3.05) is 11.5 Å². The maximum Gasteiger partial charge on any atom is 0.267 e. The van der Waals surface area contributed by atoms with Crippen molar-refractivity contribution in [1.29, 1.82) is 0 Å². The van der Waals surface area contributed by atoms with Gasteiger partial charge >= 0.3 is 0 Å². The van der Waals surface area contributed by atoms with Gasteiger partial charge < -0.3 is 4.74 Å². The number of amides is 1. The van der Waals surface area contributed by atoms with Crippen molar-refractivity contribution in [3.05, 3.63) is 84.4 Å². The topological polar surface area (TPSA) is 55.3 Å². The van der Waals surface area contributed by atoms with E-state index < -0.39 is 5.82 Å². The van der Waals surface area contributed by atoms with Gasteiger partial charge in [0.2, 0.25) is 0 Å². The van der Waals surface area contributed by atoms with Gasteiger partial charge in [-0.05, 0) is 42.0 Å². The van der Waals surface area contributed by atoms with Crippen LogP contribution in [0.5, 0.6) is 5.75 Å². The minimum atomic E-state index is -0.406. The number of carbonyl (C=O) groups excluding carboxylic acids is 1. The highest BCUT2D eigenvalue weighted by molar-refractivity contribution is 7.22. The molecule has 2 heterocycles. The van der Waals surface area contributed by atoms with E-state index in [1.54, 1.807) is 36.7 Å². The predicted molar refractivity (Wildman–Crippen MR) is 107 cm³/mol. The zero-order chi connectivity index (χ0) is 19.3. The molecule has 0 aliphatic carbocycles. The summed E-state index contributed by atoms with van der Waals surface area (Å²) in [5.74, 6) is -0.0629. The standard InChI is InChI=1S/C21H16FN3O2S/c22-17-7-4-8-18-20(17)24-21(28-18)25(13-15-9-11-23-12-10-15)19(26)14-27-16-5-2-1-3-6-16/h1-12H,13-14H2. The number of fused-ring (bicyclic) bond motifs is 1. The molecule has 4 aromatic rings. The number of aromatic nitrogens is 2. The highest BCUT2D eigenvalue weighted by Gasteiger charge is 2.21. The zero-order valence-electron chi connectivity index (χ0n) is 14.8. The van der Waals surface area contributed by atoms with Crippen molar-refractivity contribution in [3.63, 3.8) is 0 Å². The second-order valence-electron chi connectivity index (χ2n) is 6.02. The van der Waals surface area contributed by atoms with Gasteiger partial charge in [-0.3, -0.25) is 14.7 Å². The van der Waals surface area contributed by atoms with Crippen molar-refractivity contribution in [2.45, 2.75) is 6.54 Å². The average Bonchev–Trinajstić information content (AvgIpc) is 3.17. The third-order valence-corrected chi connectivity index (χ3v) is 5.13. The molecular weight excluding hydrogens is 377 g/mol. The summed E-state index contributed by atoms with van der Waals surface area (Å²) in [4.78, 5) is 22.8. The van der Waals surface area contributed by atoms with Crippen LogP contribution in [0.25, 0.3) is 10.2 Å². The van der Waals surface area contributed by atoms with Gasteiger partial charge in [-0.1, -0.05) is 35.6 Å². The van der Waals surface area contributed by atoms with Crippen LogP contribution in [0.2, 0.25) is 0 Å². The lowest BCUT2D eigenvalue weighted by molar-refractivity contribution is -0.120. The maximum atomic E-state index is 14.1. The molecule has 0 radical (unpaired) electrons. The molecule has 140 valence electrons. The molecular formula is C21H16FN3O2S. The number of nitrogens with zero attached hydrogens (tertiary/aromatic N) is 3. The Morgan fingerprint density at radius 1 is 1.04 bits per heavy atom. The van der Waals surface area contributed by atoms with Gasteiger partial charge in [0.1, 0.15) is 17.1 Å². The van der Waals surface area contributed by atoms with E-state index in [1.165, 1.54) is 22.3 Å². The Hall–Kier alpha value is -3.32. The lowest BCUT2D eigenvalue weighted by Gasteiger charge is -2.20. The Kier molecular flexibility index (Phi) is 5.25. The first kappa shape index (κ1) is 18.1. The minimum absolute atomic E-state index is 0.145. The molecule has 28 heavy (non-hydrogen) atoms. The second kappa shape index (κ2) is 8.14. The third kappa shape index (κ3) is 3.99. The molecule has 0 N–H and O–H groups in total. The highest BCUT2D eigenvalue weighted by Crippen LogP contribution is 2.31. The maximum absolute atomic E-state index is 14.1. The summed E-state index contributed by atoms with van der Waals surface area (Å²) in [6, 6.07) is 17.6. The van der Waals surface area contributed by atoms with Crippen LogP contribution in [0, 0.1) is 5.82 Å². The summed E-state index contributed by atoms with van der Waals surface area (Å²) < 4.78 is 20.4. The van der Waals surface area contributed by atoms with E-state index in [9.17, 15) is 9.18 Å². The van der Waals surface area contributed by atoms with Gasteiger partial charge in [0, 0.05) is 12.4 Å². The average molecular weight is 393 g/mol. The summed E-state index contributed by atoms with van der Waals surface area (Å²) >= 11 is 1.27. The molecule has 0 unspecified atom stereocenters. The molecule has 5 nitrogen and oxygen atoms in total. The number of anilines is 1. The molecule has 0 bridgehead atoms. The Morgan fingerprint density at radius 3 is 2.57 bits per heavy atom. The van der Waals surface area contributed by atoms with Crippen molar-refractivity contribution in [3.8, 4) is 5.75 Å². The van der Waals surface area contributed by atoms with Crippen LogP contribution >= 0.6 is 11.3 Å². The van der Waals surface area contributed by atoms with E-state index in [2.05, 4.69) is 9.97 Å². The SMILES string of the molecule is O=C(COc1ccccc1)N(Cc1ccncc1)c1nc2c(F)cccc2s1. The number of para-hydroxylation sites is 2. The van der Waals surface area contributed by atoms with E-state index in [0.29, 0.717) is 22.1 Å². The van der Waals surface area contributed by atoms with Gasteiger partial charge in [-0.15, -0.1) is 0 Å². The normalized spacial score (nSPS) is 10.8. The number of hydrogen-bond donors (Lipinski definition) is 0. The Morgan fingerprint density at radius 2 is 1.82 bits per heavy atom. The van der Waals surface area contributed by atoms with Gasteiger partial charge in [0.25, 0.3) is 5.91 Å². The van der Waals surface area contributed by atoms with Gasteiger partial charge in [0.15, 0.2) is 11.7 Å². The summed E-state index contributed by atoms with van der Waals surface area (Å²) in [6.07, 6.45) is 3.33. The highest BCUT2D eigenvalue weighted by atomic mass is 32.1. The molecule has 2 aromatic carbocycles. The molecule has 0 aliphatic heterocycles. The number of ether oxygens (including phenoxy) is 1. The molecule has 0 fully saturated rings. The smallest absolute Gasteiger partial charge is 0.267 e. The van der Waals surface area contributed by atoms with E-state index in [1.807, 2.05) is 30.3 Å². The quantitative estimate of drug-likeness (QED) is 0.486. The number of pyridine rings is 1. The molecule has 0 aliphatic rings. The van der Waals surface area contributed by atoms with Gasteiger partial charge in [-0.2, -0.15) is 0 Å². The Bertz CT molecular complexity index is 1090. The van der Waals surface area contributed by atoms with Crippen molar-refractivity contribution < 1.29 is 13.9 Å². The molecule has 2 aromatic heterocycles. The van der Waals surface area contributed by atoms with Crippen LogP contribution < -0.4 is 9.64 Å². The van der Waals surface area contributed by atoms with Crippen LogP contribution in [-0.2, 0) is 11.3 Å². The molecule has 0 atom stereocenters. The van der Waals surface area contributed by atoms with Crippen LogP contribution in [-0.4, -0.2) is 22.5 Å². The molecule has 0 spiro atoms. The zero-order valence-corrected chi connectivity index (χ0v) is 15.6. The van der Waals surface area contributed by atoms with Gasteiger partial charge in [0.05, 0.1) is 11.2 Å². The summed E-state index contributed by atoms with van der Waals surface area (Å²) in [5.41, 5.74) is 1.15. The first-order chi connectivity index (χ1) is 13.7.